The van der Waals surface area contributed by atoms with Gasteiger partial charge in [-0.25, -0.2) is 0 Å². The average Bonchev–Trinajstić information content (AvgIpc) is 2.36. The summed E-state index contributed by atoms with van der Waals surface area (Å²) in [6.45, 7) is 3.00. The van der Waals surface area contributed by atoms with Gasteiger partial charge in [0.1, 0.15) is 0 Å². The van der Waals surface area contributed by atoms with E-state index in [4.69, 9.17) is 11.6 Å². The van der Waals surface area contributed by atoms with Gasteiger partial charge >= 0.3 is 0 Å². The van der Waals surface area contributed by atoms with Gasteiger partial charge in [0.05, 0.1) is 6.10 Å². The highest BCUT2D eigenvalue weighted by Gasteiger charge is 2.33. The fraction of sp³-hybridized carbons (Fsp3) is 0.429. The van der Waals surface area contributed by atoms with Gasteiger partial charge < -0.3 is 5.11 Å². The SMILES string of the molecule is O[C@@H]1CCN2CC=C(c3ccc(Cl)cc3)[C@H]1C2. The van der Waals surface area contributed by atoms with Crippen LogP contribution >= 0.6 is 11.6 Å². The van der Waals surface area contributed by atoms with Crippen LogP contribution in [0.15, 0.2) is 30.3 Å². The first-order valence-electron chi connectivity index (χ1n) is 6.10. The topological polar surface area (TPSA) is 23.5 Å². The highest BCUT2D eigenvalue weighted by atomic mass is 35.5. The summed E-state index contributed by atoms with van der Waals surface area (Å²) in [5.41, 5.74) is 2.48. The van der Waals surface area contributed by atoms with E-state index in [0.717, 1.165) is 31.1 Å². The van der Waals surface area contributed by atoms with Crippen molar-refractivity contribution in [3.8, 4) is 0 Å². The van der Waals surface area contributed by atoms with Crippen LogP contribution < -0.4 is 0 Å². The summed E-state index contributed by atoms with van der Waals surface area (Å²) in [4.78, 5) is 2.40. The number of hydrogen-bond donors (Lipinski definition) is 1. The predicted molar refractivity (Wildman–Crippen MR) is 70.0 cm³/mol. The number of benzene rings is 1. The molecule has 2 aliphatic heterocycles. The minimum Gasteiger partial charge on any atom is -0.392 e. The Morgan fingerprint density at radius 1 is 1.24 bits per heavy atom. The van der Waals surface area contributed by atoms with Crippen molar-refractivity contribution in [3.63, 3.8) is 0 Å². The zero-order chi connectivity index (χ0) is 11.8. The van der Waals surface area contributed by atoms with Crippen LogP contribution in [0.3, 0.4) is 0 Å². The zero-order valence-electron chi connectivity index (χ0n) is 9.64. The van der Waals surface area contributed by atoms with Crippen LogP contribution in [-0.4, -0.2) is 35.7 Å². The van der Waals surface area contributed by atoms with Crippen molar-refractivity contribution < 1.29 is 5.11 Å². The molecular formula is C14H16ClNO. The fourth-order valence-corrected chi connectivity index (χ4v) is 2.96. The molecule has 1 N–H and O–H groups in total. The summed E-state index contributed by atoms with van der Waals surface area (Å²) in [5.74, 6) is 0.263. The molecule has 0 amide bonds. The van der Waals surface area contributed by atoms with Gasteiger partial charge in [-0.05, 0) is 29.7 Å². The van der Waals surface area contributed by atoms with Gasteiger partial charge in [-0.1, -0.05) is 29.8 Å². The van der Waals surface area contributed by atoms with Crippen LogP contribution in [0.4, 0.5) is 0 Å². The van der Waals surface area contributed by atoms with E-state index in [1.165, 1.54) is 11.1 Å². The van der Waals surface area contributed by atoms with Crippen LogP contribution in [0.5, 0.6) is 0 Å². The van der Waals surface area contributed by atoms with Crippen molar-refractivity contribution in [2.75, 3.05) is 19.6 Å². The summed E-state index contributed by atoms with van der Waals surface area (Å²) < 4.78 is 0. The minimum atomic E-state index is -0.200. The molecule has 0 spiro atoms. The molecule has 2 heterocycles. The maximum absolute atomic E-state index is 10.1. The number of nitrogens with zero attached hydrogens (tertiary/aromatic N) is 1. The summed E-state index contributed by atoms with van der Waals surface area (Å²) >= 11 is 5.91. The van der Waals surface area contributed by atoms with Crippen LogP contribution in [0, 0.1) is 5.92 Å². The van der Waals surface area contributed by atoms with Gasteiger partial charge in [-0.15, -0.1) is 0 Å². The highest BCUT2D eigenvalue weighted by Crippen LogP contribution is 2.34. The molecule has 0 aromatic heterocycles. The van der Waals surface area contributed by atoms with Crippen LogP contribution in [0.25, 0.3) is 5.57 Å². The number of halogens is 1. The molecular weight excluding hydrogens is 234 g/mol. The third-order valence-electron chi connectivity index (χ3n) is 3.81. The molecule has 1 aromatic rings. The van der Waals surface area contributed by atoms with Gasteiger partial charge in [0, 0.05) is 30.6 Å². The molecule has 90 valence electrons. The Morgan fingerprint density at radius 3 is 2.76 bits per heavy atom. The van der Waals surface area contributed by atoms with Crippen molar-refractivity contribution in [1.82, 2.24) is 4.90 Å². The molecule has 0 radical (unpaired) electrons. The minimum absolute atomic E-state index is 0.200. The van der Waals surface area contributed by atoms with Gasteiger partial charge in [0.25, 0.3) is 0 Å². The molecule has 17 heavy (non-hydrogen) atoms. The average molecular weight is 250 g/mol. The van der Waals surface area contributed by atoms with E-state index in [-0.39, 0.29) is 12.0 Å². The normalized spacial score (nSPS) is 32.1. The Kier molecular flexibility index (Phi) is 2.95. The van der Waals surface area contributed by atoms with Gasteiger partial charge in [-0.2, -0.15) is 0 Å². The second-order valence-corrected chi connectivity index (χ2v) is 5.32. The molecule has 2 aliphatic rings. The largest absolute Gasteiger partial charge is 0.392 e. The molecule has 3 rings (SSSR count). The maximum Gasteiger partial charge on any atom is 0.0633 e. The number of fused-ring (bicyclic) bond motifs is 2. The molecule has 1 aromatic carbocycles. The van der Waals surface area contributed by atoms with E-state index in [1.54, 1.807) is 0 Å². The second-order valence-electron chi connectivity index (χ2n) is 4.89. The number of piperidine rings is 1. The number of rotatable bonds is 1. The monoisotopic (exact) mass is 249 g/mol. The van der Waals surface area contributed by atoms with E-state index >= 15 is 0 Å². The smallest absolute Gasteiger partial charge is 0.0633 e. The Balaban J connectivity index is 1.94. The second kappa shape index (κ2) is 4.45. The lowest BCUT2D eigenvalue weighted by atomic mass is 9.81. The molecule has 2 nitrogen and oxygen atoms in total. The van der Waals surface area contributed by atoms with E-state index < -0.39 is 0 Å². The van der Waals surface area contributed by atoms with E-state index in [0.29, 0.717) is 0 Å². The Labute approximate surface area is 107 Å². The van der Waals surface area contributed by atoms with E-state index in [9.17, 15) is 5.11 Å². The van der Waals surface area contributed by atoms with Gasteiger partial charge in [0.15, 0.2) is 0 Å². The van der Waals surface area contributed by atoms with Crippen LogP contribution in [-0.2, 0) is 0 Å². The first kappa shape index (κ1) is 11.3. The van der Waals surface area contributed by atoms with E-state index in [2.05, 4.69) is 11.0 Å². The summed E-state index contributed by atoms with van der Waals surface area (Å²) in [6.07, 6.45) is 2.93. The van der Waals surface area contributed by atoms with Crippen LogP contribution in [0.1, 0.15) is 12.0 Å². The Morgan fingerprint density at radius 2 is 2.00 bits per heavy atom. The number of aliphatic hydroxyl groups excluding tert-OH is 1. The summed E-state index contributed by atoms with van der Waals surface area (Å²) in [6, 6.07) is 7.93. The summed E-state index contributed by atoms with van der Waals surface area (Å²) in [7, 11) is 0. The van der Waals surface area contributed by atoms with Crippen molar-refractivity contribution >= 4 is 17.2 Å². The molecule has 1 unspecified atom stereocenters. The first-order chi connectivity index (χ1) is 8.24. The third-order valence-corrected chi connectivity index (χ3v) is 4.06. The Hall–Kier alpha value is -0.830. The molecule has 1 fully saturated rings. The lowest BCUT2D eigenvalue weighted by Crippen LogP contribution is -2.46. The van der Waals surface area contributed by atoms with Crippen LogP contribution in [0.2, 0.25) is 5.02 Å². The molecule has 3 atom stereocenters. The van der Waals surface area contributed by atoms with Gasteiger partial charge in [-0.3, -0.25) is 4.90 Å². The molecule has 3 heteroatoms. The quantitative estimate of drug-likeness (QED) is 0.826. The Bertz CT molecular complexity index is 440. The van der Waals surface area contributed by atoms with Gasteiger partial charge in [0.2, 0.25) is 0 Å². The lowest BCUT2D eigenvalue weighted by molar-refractivity contribution is 0.0509. The molecule has 2 bridgehead atoms. The van der Waals surface area contributed by atoms with Crippen molar-refractivity contribution in [3.05, 3.63) is 40.9 Å². The maximum atomic E-state index is 10.1. The fourth-order valence-electron chi connectivity index (χ4n) is 2.83. The number of hydrogen-bond acceptors (Lipinski definition) is 2. The third kappa shape index (κ3) is 2.13. The molecule has 0 aliphatic carbocycles. The van der Waals surface area contributed by atoms with Crippen molar-refractivity contribution in [1.29, 1.82) is 0 Å². The molecule has 0 saturated carbocycles. The van der Waals surface area contributed by atoms with Crippen molar-refractivity contribution in [2.24, 2.45) is 5.92 Å². The molecule has 1 saturated heterocycles. The predicted octanol–water partition coefficient (Wildman–Crippen LogP) is 2.42. The summed E-state index contributed by atoms with van der Waals surface area (Å²) in [5, 5.41) is 10.9. The zero-order valence-corrected chi connectivity index (χ0v) is 10.4. The lowest BCUT2D eigenvalue weighted by Gasteiger charge is -2.40. The highest BCUT2D eigenvalue weighted by molar-refractivity contribution is 6.30. The van der Waals surface area contributed by atoms with Crippen molar-refractivity contribution in [2.45, 2.75) is 12.5 Å². The number of aliphatic hydroxyl groups is 1. The first-order valence-corrected chi connectivity index (χ1v) is 6.48. The van der Waals surface area contributed by atoms with E-state index in [1.807, 2.05) is 24.3 Å². The standard InChI is InChI=1S/C14H16ClNO/c15-11-3-1-10(2-4-11)12-5-7-16-8-6-14(17)13(12)9-16/h1-5,13-14,17H,6-9H2/t13-,14-/m1/s1.